The van der Waals surface area contributed by atoms with Gasteiger partial charge in [-0.05, 0) is 18.2 Å². The fourth-order valence-corrected chi connectivity index (χ4v) is 1.40. The molecule has 0 aliphatic heterocycles. The van der Waals surface area contributed by atoms with Gasteiger partial charge in [-0.3, -0.25) is 0 Å². The second-order valence-electron chi connectivity index (χ2n) is 3.47. The molecule has 0 unspecified atom stereocenters. The van der Waals surface area contributed by atoms with Gasteiger partial charge < -0.3 is 10.6 Å². The third-order valence-electron chi connectivity index (χ3n) is 2.28. The van der Waals surface area contributed by atoms with Gasteiger partial charge in [0.25, 0.3) is 0 Å². The molecule has 0 aliphatic rings. The maximum atomic E-state index is 13.1. The topological polar surface area (TPSA) is 73.6 Å². The summed E-state index contributed by atoms with van der Waals surface area (Å²) in [4.78, 5) is 7.99. The van der Waals surface area contributed by atoms with Crippen LogP contribution in [0.1, 0.15) is 5.56 Å². The minimum Gasteiger partial charge on any atom is -0.373 e. The van der Waals surface area contributed by atoms with E-state index < -0.39 is 5.82 Å². The van der Waals surface area contributed by atoms with Crippen molar-refractivity contribution in [2.45, 2.75) is 0 Å². The molecule has 1 aromatic carbocycles. The highest BCUT2D eigenvalue weighted by molar-refractivity contribution is 5.60. The highest BCUT2D eigenvalue weighted by atomic mass is 19.1. The lowest BCUT2D eigenvalue weighted by atomic mass is 10.2. The van der Waals surface area contributed by atoms with Gasteiger partial charge in [0.2, 0.25) is 0 Å². The van der Waals surface area contributed by atoms with Crippen LogP contribution < -0.4 is 10.6 Å². The average molecular weight is 243 g/mol. The van der Waals surface area contributed by atoms with Gasteiger partial charge in [-0.2, -0.15) is 5.26 Å². The molecule has 0 spiro atoms. The minimum absolute atomic E-state index is 0.0112. The number of nitriles is 1. The molecule has 0 radical (unpaired) electrons. The molecule has 1 heterocycles. The highest BCUT2D eigenvalue weighted by Crippen LogP contribution is 2.18. The maximum absolute atomic E-state index is 13.1. The van der Waals surface area contributed by atoms with Crippen molar-refractivity contribution >= 4 is 17.3 Å². The van der Waals surface area contributed by atoms with Crippen LogP contribution in [0.25, 0.3) is 0 Å². The molecule has 18 heavy (non-hydrogen) atoms. The summed E-state index contributed by atoms with van der Waals surface area (Å²) in [5.74, 6) is 0.682. The summed E-state index contributed by atoms with van der Waals surface area (Å²) >= 11 is 0. The highest BCUT2D eigenvalue weighted by Gasteiger charge is 2.04. The smallest absolute Gasteiger partial charge is 0.141 e. The lowest BCUT2D eigenvalue weighted by molar-refractivity contribution is 0.624. The molecule has 0 amide bonds. The molecule has 0 saturated carbocycles. The van der Waals surface area contributed by atoms with Gasteiger partial charge >= 0.3 is 0 Å². The van der Waals surface area contributed by atoms with Crippen LogP contribution in [0.4, 0.5) is 21.7 Å². The van der Waals surface area contributed by atoms with Crippen LogP contribution in [0, 0.1) is 17.1 Å². The van der Waals surface area contributed by atoms with E-state index in [4.69, 9.17) is 5.26 Å². The first-order valence-electron chi connectivity index (χ1n) is 5.19. The number of nitrogens with one attached hydrogen (secondary N) is 2. The molecular formula is C12H10FN5. The van der Waals surface area contributed by atoms with Crippen molar-refractivity contribution in [2.75, 3.05) is 17.7 Å². The van der Waals surface area contributed by atoms with Crippen LogP contribution >= 0.6 is 0 Å². The van der Waals surface area contributed by atoms with Crippen LogP contribution in [0.2, 0.25) is 0 Å². The Morgan fingerprint density at radius 1 is 1.22 bits per heavy atom. The normalized spacial score (nSPS) is 9.61. The molecule has 2 N–H and O–H groups in total. The number of aromatic nitrogens is 2. The number of rotatable bonds is 3. The van der Waals surface area contributed by atoms with E-state index in [1.807, 2.05) is 0 Å². The van der Waals surface area contributed by atoms with Crippen molar-refractivity contribution in [1.29, 1.82) is 5.26 Å². The first-order chi connectivity index (χ1) is 8.72. The molecule has 5 nitrogen and oxygen atoms in total. The van der Waals surface area contributed by atoms with Gasteiger partial charge in [0.1, 0.15) is 29.8 Å². The molecule has 90 valence electrons. The van der Waals surface area contributed by atoms with E-state index in [1.54, 1.807) is 19.2 Å². The third kappa shape index (κ3) is 2.52. The molecule has 0 bridgehead atoms. The van der Waals surface area contributed by atoms with E-state index in [1.165, 1.54) is 24.5 Å². The zero-order chi connectivity index (χ0) is 13.0. The Morgan fingerprint density at radius 2 is 2.00 bits per heavy atom. The molecule has 0 atom stereocenters. The van der Waals surface area contributed by atoms with Gasteiger partial charge in [0.15, 0.2) is 0 Å². The quantitative estimate of drug-likeness (QED) is 0.865. The zero-order valence-corrected chi connectivity index (χ0v) is 9.61. The summed E-state index contributed by atoms with van der Waals surface area (Å²) in [7, 11) is 1.75. The molecular weight excluding hydrogens is 233 g/mol. The summed E-state index contributed by atoms with van der Waals surface area (Å²) in [6, 6.07) is 7.69. The Kier molecular flexibility index (Phi) is 3.34. The van der Waals surface area contributed by atoms with Crippen molar-refractivity contribution in [3.05, 3.63) is 42.0 Å². The van der Waals surface area contributed by atoms with E-state index in [0.29, 0.717) is 17.3 Å². The van der Waals surface area contributed by atoms with Crippen LogP contribution in [0.3, 0.4) is 0 Å². The Morgan fingerprint density at radius 3 is 2.72 bits per heavy atom. The van der Waals surface area contributed by atoms with Gasteiger partial charge in [-0.1, -0.05) is 0 Å². The van der Waals surface area contributed by atoms with E-state index in [-0.39, 0.29) is 5.56 Å². The molecule has 0 fully saturated rings. The summed E-state index contributed by atoms with van der Waals surface area (Å²) in [5.41, 5.74) is 0.580. The Hall–Kier alpha value is -2.68. The lowest BCUT2D eigenvalue weighted by Crippen LogP contribution is -1.98. The number of anilines is 3. The SMILES string of the molecule is CNc1cc(Nc2ccc(F)c(C#N)c2)ncn1. The standard InChI is InChI=1S/C12H10FN5/c1-15-11-5-12(17-7-16-11)18-9-2-3-10(13)8(4-9)6-14/h2-5,7H,1H3,(H2,15,16,17,18). The number of benzene rings is 1. The molecule has 6 heteroatoms. The van der Waals surface area contributed by atoms with Crippen molar-refractivity contribution in [3.63, 3.8) is 0 Å². The largest absolute Gasteiger partial charge is 0.373 e. The van der Waals surface area contributed by atoms with E-state index >= 15 is 0 Å². The fourth-order valence-electron chi connectivity index (χ4n) is 1.40. The predicted molar refractivity (Wildman–Crippen MR) is 66.0 cm³/mol. The average Bonchev–Trinajstić information content (AvgIpc) is 2.41. The zero-order valence-electron chi connectivity index (χ0n) is 9.61. The maximum Gasteiger partial charge on any atom is 0.141 e. The first kappa shape index (κ1) is 11.8. The van der Waals surface area contributed by atoms with Crippen LogP contribution in [0.5, 0.6) is 0 Å². The van der Waals surface area contributed by atoms with E-state index in [0.717, 1.165) is 0 Å². The number of hydrogen-bond acceptors (Lipinski definition) is 5. The van der Waals surface area contributed by atoms with Crippen LogP contribution in [0.15, 0.2) is 30.6 Å². The van der Waals surface area contributed by atoms with Crippen LogP contribution in [-0.2, 0) is 0 Å². The summed E-state index contributed by atoms with van der Waals surface area (Å²) in [5, 5.41) is 14.6. The fraction of sp³-hybridized carbons (Fsp3) is 0.0833. The second-order valence-corrected chi connectivity index (χ2v) is 3.47. The predicted octanol–water partition coefficient (Wildman–Crippen LogP) is 2.27. The van der Waals surface area contributed by atoms with Crippen molar-refractivity contribution in [2.24, 2.45) is 0 Å². The number of nitrogens with zero attached hydrogens (tertiary/aromatic N) is 3. The van der Waals surface area contributed by atoms with Gasteiger partial charge in [0, 0.05) is 18.8 Å². The summed E-state index contributed by atoms with van der Waals surface area (Å²) in [6.45, 7) is 0. The number of hydrogen-bond donors (Lipinski definition) is 2. The van der Waals surface area contributed by atoms with E-state index in [2.05, 4.69) is 20.6 Å². The second kappa shape index (κ2) is 5.10. The molecule has 2 aromatic rings. The van der Waals surface area contributed by atoms with Crippen molar-refractivity contribution in [3.8, 4) is 6.07 Å². The monoisotopic (exact) mass is 243 g/mol. The van der Waals surface area contributed by atoms with Crippen molar-refractivity contribution < 1.29 is 4.39 Å². The molecule has 0 aliphatic carbocycles. The van der Waals surface area contributed by atoms with Gasteiger partial charge in [0.05, 0.1) is 5.56 Å². The number of halogens is 1. The van der Waals surface area contributed by atoms with Gasteiger partial charge in [-0.15, -0.1) is 0 Å². The summed E-state index contributed by atoms with van der Waals surface area (Å²) in [6.07, 6.45) is 1.41. The molecule has 2 rings (SSSR count). The van der Waals surface area contributed by atoms with E-state index in [9.17, 15) is 4.39 Å². The Balaban J connectivity index is 2.26. The Labute approximate surface area is 103 Å². The first-order valence-corrected chi connectivity index (χ1v) is 5.19. The van der Waals surface area contributed by atoms with Crippen LogP contribution in [-0.4, -0.2) is 17.0 Å². The Bertz CT molecular complexity index is 606. The lowest BCUT2D eigenvalue weighted by Gasteiger charge is -2.07. The molecule has 1 aromatic heterocycles. The summed E-state index contributed by atoms with van der Waals surface area (Å²) < 4.78 is 13.1. The minimum atomic E-state index is -0.540. The molecule has 0 saturated heterocycles. The third-order valence-corrected chi connectivity index (χ3v) is 2.28. The van der Waals surface area contributed by atoms with Crippen molar-refractivity contribution in [1.82, 2.24) is 9.97 Å². The van der Waals surface area contributed by atoms with Gasteiger partial charge in [-0.25, -0.2) is 14.4 Å².